The van der Waals surface area contributed by atoms with E-state index in [0.29, 0.717) is 25.1 Å². The first-order valence-corrected chi connectivity index (χ1v) is 10.2. The van der Waals surface area contributed by atoms with E-state index in [-0.39, 0.29) is 36.6 Å². The highest BCUT2D eigenvalue weighted by Crippen LogP contribution is 2.20. The Labute approximate surface area is 158 Å². The molecule has 1 aliphatic heterocycles. The molecule has 1 fully saturated rings. The number of nitriles is 1. The lowest BCUT2D eigenvalue weighted by molar-refractivity contribution is 0.123. The molecule has 142 valence electrons. The van der Waals surface area contributed by atoms with Gasteiger partial charge in [-0.25, -0.2) is 18.4 Å². The molecule has 2 aromatic rings. The minimum Gasteiger partial charge on any atom is -0.492 e. The minimum atomic E-state index is -3.47. The van der Waals surface area contributed by atoms with Gasteiger partial charge in [0.15, 0.2) is 0 Å². The number of aromatic nitrogens is 2. The molecule has 0 bridgehead atoms. The Morgan fingerprint density at radius 1 is 1.22 bits per heavy atom. The first-order valence-electron chi connectivity index (χ1n) is 8.62. The summed E-state index contributed by atoms with van der Waals surface area (Å²) >= 11 is 0. The molecule has 1 atom stereocenters. The molecule has 3 rings (SSSR count). The average Bonchev–Trinajstić information content (AvgIpc) is 2.69. The van der Waals surface area contributed by atoms with Crippen LogP contribution in [0.15, 0.2) is 42.7 Å². The van der Waals surface area contributed by atoms with E-state index in [4.69, 9.17) is 14.7 Å². The van der Waals surface area contributed by atoms with Gasteiger partial charge in [0.05, 0.1) is 12.3 Å². The number of ether oxygens (including phenoxy) is 2. The van der Waals surface area contributed by atoms with Gasteiger partial charge in [-0.3, -0.25) is 0 Å². The predicted octanol–water partition coefficient (Wildman–Crippen LogP) is 1.60. The van der Waals surface area contributed by atoms with Crippen LogP contribution in [0.5, 0.6) is 11.6 Å². The minimum absolute atomic E-state index is 0.0805. The summed E-state index contributed by atoms with van der Waals surface area (Å²) in [6, 6.07) is 11.0. The van der Waals surface area contributed by atoms with Crippen molar-refractivity contribution >= 4 is 10.0 Å². The molecule has 8 nitrogen and oxygen atoms in total. The smallest absolute Gasteiger partial charge is 0.251 e. The van der Waals surface area contributed by atoms with Gasteiger partial charge in [-0.2, -0.15) is 9.57 Å². The number of benzene rings is 1. The topological polar surface area (TPSA) is 105 Å². The molecule has 2 heterocycles. The molecule has 0 saturated carbocycles. The van der Waals surface area contributed by atoms with E-state index in [1.807, 2.05) is 24.3 Å². The molecule has 9 heteroatoms. The number of piperidine rings is 1. The van der Waals surface area contributed by atoms with Crippen LogP contribution in [-0.4, -0.2) is 54.2 Å². The van der Waals surface area contributed by atoms with E-state index in [1.54, 1.807) is 12.1 Å². The SMILES string of the molecule is N#Cc1nccnc1O[C@@H]1CCCN(S(=O)(=O)CCOc2ccccc2)C1. The second kappa shape index (κ2) is 8.79. The number of nitrogens with zero attached hydrogens (tertiary/aromatic N) is 4. The van der Waals surface area contributed by atoms with E-state index in [1.165, 1.54) is 16.7 Å². The maximum atomic E-state index is 12.6. The third-order valence-corrected chi connectivity index (χ3v) is 5.94. The van der Waals surface area contributed by atoms with Crippen LogP contribution in [0.3, 0.4) is 0 Å². The molecular formula is C18H20N4O4S. The summed E-state index contributed by atoms with van der Waals surface area (Å²) in [6.45, 7) is 0.741. The molecule has 0 radical (unpaired) electrons. The average molecular weight is 388 g/mol. The van der Waals surface area contributed by atoms with Crippen LogP contribution >= 0.6 is 0 Å². The van der Waals surface area contributed by atoms with Crippen LogP contribution in [0.4, 0.5) is 0 Å². The predicted molar refractivity (Wildman–Crippen MR) is 97.7 cm³/mol. The van der Waals surface area contributed by atoms with Crippen LogP contribution in [-0.2, 0) is 10.0 Å². The number of rotatable bonds is 7. The maximum absolute atomic E-state index is 12.6. The van der Waals surface area contributed by atoms with Crippen molar-refractivity contribution in [1.82, 2.24) is 14.3 Å². The van der Waals surface area contributed by atoms with Gasteiger partial charge >= 0.3 is 0 Å². The van der Waals surface area contributed by atoms with Gasteiger partial charge in [-0.05, 0) is 25.0 Å². The van der Waals surface area contributed by atoms with Crippen LogP contribution in [0.2, 0.25) is 0 Å². The molecule has 0 spiro atoms. The van der Waals surface area contributed by atoms with Crippen molar-refractivity contribution in [3.8, 4) is 17.7 Å². The molecule has 0 amide bonds. The van der Waals surface area contributed by atoms with Crippen molar-refractivity contribution in [2.24, 2.45) is 0 Å². The van der Waals surface area contributed by atoms with Crippen molar-refractivity contribution in [2.45, 2.75) is 18.9 Å². The van der Waals surface area contributed by atoms with Crippen molar-refractivity contribution in [3.63, 3.8) is 0 Å². The Morgan fingerprint density at radius 3 is 2.78 bits per heavy atom. The fraction of sp³-hybridized carbons (Fsp3) is 0.389. The fourth-order valence-electron chi connectivity index (χ4n) is 2.81. The summed E-state index contributed by atoms with van der Waals surface area (Å²) in [7, 11) is -3.47. The highest BCUT2D eigenvalue weighted by molar-refractivity contribution is 7.89. The molecule has 1 saturated heterocycles. The van der Waals surface area contributed by atoms with Crippen molar-refractivity contribution in [2.75, 3.05) is 25.4 Å². The second-order valence-electron chi connectivity index (χ2n) is 6.04. The molecule has 1 aromatic carbocycles. The number of para-hydroxylation sites is 1. The summed E-state index contributed by atoms with van der Waals surface area (Å²) in [5.74, 6) is 0.666. The van der Waals surface area contributed by atoms with Crippen molar-refractivity contribution in [3.05, 3.63) is 48.4 Å². The molecule has 1 aliphatic rings. The normalized spacial score (nSPS) is 17.8. The zero-order valence-electron chi connectivity index (χ0n) is 14.7. The lowest BCUT2D eigenvalue weighted by Gasteiger charge is -2.31. The summed E-state index contributed by atoms with van der Waals surface area (Å²) in [6.07, 6.45) is 3.84. The summed E-state index contributed by atoms with van der Waals surface area (Å²) in [5, 5.41) is 9.07. The molecule has 0 aliphatic carbocycles. The van der Waals surface area contributed by atoms with E-state index in [9.17, 15) is 8.42 Å². The lowest BCUT2D eigenvalue weighted by Crippen LogP contribution is -2.45. The first kappa shape index (κ1) is 19.1. The Bertz CT molecular complexity index is 899. The van der Waals surface area contributed by atoms with Gasteiger partial charge in [-0.15, -0.1) is 0 Å². The van der Waals surface area contributed by atoms with Gasteiger partial charge in [-0.1, -0.05) is 18.2 Å². The van der Waals surface area contributed by atoms with E-state index in [2.05, 4.69) is 9.97 Å². The van der Waals surface area contributed by atoms with Crippen LogP contribution in [0, 0.1) is 11.3 Å². The maximum Gasteiger partial charge on any atom is 0.251 e. The van der Waals surface area contributed by atoms with Crippen molar-refractivity contribution in [1.29, 1.82) is 5.26 Å². The first-order chi connectivity index (χ1) is 13.1. The highest BCUT2D eigenvalue weighted by atomic mass is 32.2. The molecular weight excluding hydrogens is 368 g/mol. The molecule has 27 heavy (non-hydrogen) atoms. The standard InChI is InChI=1S/C18H20N4O4S/c19-13-17-18(21-9-8-20-17)26-16-7-4-10-22(14-16)27(23,24)12-11-25-15-5-2-1-3-6-15/h1-3,5-6,8-9,16H,4,7,10-12,14H2/t16-/m1/s1. The van der Waals surface area contributed by atoms with E-state index >= 15 is 0 Å². The monoisotopic (exact) mass is 388 g/mol. The van der Waals surface area contributed by atoms with Gasteiger partial charge in [0, 0.05) is 18.9 Å². The van der Waals surface area contributed by atoms with E-state index < -0.39 is 10.0 Å². The van der Waals surface area contributed by atoms with Gasteiger partial charge in [0.1, 0.15) is 24.5 Å². The number of sulfonamides is 1. The van der Waals surface area contributed by atoms with Gasteiger partial charge < -0.3 is 9.47 Å². The molecule has 0 unspecified atom stereocenters. The van der Waals surface area contributed by atoms with Gasteiger partial charge in [0.2, 0.25) is 15.7 Å². The van der Waals surface area contributed by atoms with Crippen LogP contribution < -0.4 is 9.47 Å². The third-order valence-electron chi connectivity index (χ3n) is 4.14. The quantitative estimate of drug-likeness (QED) is 0.709. The Balaban J connectivity index is 1.57. The number of hydrogen-bond acceptors (Lipinski definition) is 7. The lowest BCUT2D eigenvalue weighted by atomic mass is 10.1. The zero-order chi connectivity index (χ0) is 19.1. The molecule has 0 N–H and O–H groups in total. The Morgan fingerprint density at radius 2 is 2.00 bits per heavy atom. The zero-order valence-corrected chi connectivity index (χ0v) is 15.5. The Hall–Kier alpha value is -2.70. The van der Waals surface area contributed by atoms with Crippen molar-refractivity contribution < 1.29 is 17.9 Å². The summed E-state index contributed by atoms with van der Waals surface area (Å²) in [4.78, 5) is 7.92. The number of hydrogen-bond donors (Lipinski definition) is 0. The highest BCUT2D eigenvalue weighted by Gasteiger charge is 2.30. The van der Waals surface area contributed by atoms with Gasteiger partial charge in [0.25, 0.3) is 5.88 Å². The summed E-state index contributed by atoms with van der Waals surface area (Å²) < 4.78 is 37.9. The Kier molecular flexibility index (Phi) is 6.21. The largest absolute Gasteiger partial charge is 0.492 e. The van der Waals surface area contributed by atoms with Crippen LogP contribution in [0.25, 0.3) is 0 Å². The van der Waals surface area contributed by atoms with Crippen LogP contribution in [0.1, 0.15) is 18.5 Å². The second-order valence-corrected chi connectivity index (χ2v) is 8.13. The van der Waals surface area contributed by atoms with E-state index in [0.717, 1.165) is 0 Å². The summed E-state index contributed by atoms with van der Waals surface area (Å²) in [5.41, 5.74) is 0.0914. The molecule has 1 aromatic heterocycles. The fourth-order valence-corrected chi connectivity index (χ4v) is 4.16. The third kappa shape index (κ3) is 5.15.